The van der Waals surface area contributed by atoms with Crippen LogP contribution in [0.1, 0.15) is 22.3 Å². The van der Waals surface area contributed by atoms with Gasteiger partial charge in [0.25, 0.3) is 0 Å². The van der Waals surface area contributed by atoms with Crippen molar-refractivity contribution in [2.45, 2.75) is 13.0 Å². The molecule has 0 bridgehead atoms. The molecule has 0 atom stereocenters. The molecular formula is C21H17N5. The van der Waals surface area contributed by atoms with Crippen molar-refractivity contribution in [1.82, 2.24) is 19.6 Å². The first-order chi connectivity index (χ1) is 12.9. The average Bonchev–Trinajstić information content (AvgIpc) is 3.30. The van der Waals surface area contributed by atoms with Gasteiger partial charge in [0.15, 0.2) is 5.65 Å². The quantitative estimate of drug-likeness (QED) is 0.614. The summed E-state index contributed by atoms with van der Waals surface area (Å²) in [5, 5.41) is 7.84. The molecule has 0 radical (unpaired) electrons. The molecule has 5 rings (SSSR count). The normalized spacial score (nSPS) is 12.8. The highest BCUT2D eigenvalue weighted by Gasteiger charge is 2.17. The third kappa shape index (κ3) is 2.63. The number of aromatic nitrogens is 4. The van der Waals surface area contributed by atoms with Gasteiger partial charge in [-0.05, 0) is 46.9 Å². The minimum absolute atomic E-state index is 0.712. The molecule has 0 unspecified atom stereocenters. The van der Waals surface area contributed by atoms with Gasteiger partial charge < -0.3 is 5.32 Å². The first-order valence-corrected chi connectivity index (χ1v) is 8.63. The van der Waals surface area contributed by atoms with Crippen LogP contribution in [0.4, 0.5) is 5.82 Å². The standard InChI is InChI=1S/C21H17N5/c1-2-4-17-12-18(11-16(17)3-1)19-14-24-26-10-7-20(25-21(19)26)23-13-15-5-8-22-9-6-15/h1-11,14H,12-13H2,(H,23,25). The molecule has 3 heterocycles. The summed E-state index contributed by atoms with van der Waals surface area (Å²) >= 11 is 0. The van der Waals surface area contributed by atoms with E-state index in [1.54, 1.807) is 12.4 Å². The topological polar surface area (TPSA) is 55.1 Å². The second kappa shape index (κ2) is 6.11. The summed E-state index contributed by atoms with van der Waals surface area (Å²) < 4.78 is 1.83. The third-order valence-corrected chi connectivity index (χ3v) is 4.70. The van der Waals surface area contributed by atoms with Crippen molar-refractivity contribution in [3.63, 3.8) is 0 Å². The van der Waals surface area contributed by atoms with Gasteiger partial charge in [0.2, 0.25) is 0 Å². The van der Waals surface area contributed by atoms with Crippen molar-refractivity contribution in [1.29, 1.82) is 0 Å². The molecule has 26 heavy (non-hydrogen) atoms. The van der Waals surface area contributed by atoms with Crippen molar-refractivity contribution < 1.29 is 0 Å². The molecule has 1 N–H and O–H groups in total. The molecule has 1 aliphatic carbocycles. The molecule has 126 valence electrons. The molecule has 1 aliphatic rings. The Morgan fingerprint density at radius 1 is 1.04 bits per heavy atom. The van der Waals surface area contributed by atoms with E-state index in [1.165, 1.54) is 22.3 Å². The Kier molecular flexibility index (Phi) is 3.49. The van der Waals surface area contributed by atoms with E-state index < -0.39 is 0 Å². The number of benzene rings is 1. The molecular weight excluding hydrogens is 322 g/mol. The lowest BCUT2D eigenvalue weighted by Crippen LogP contribution is -2.03. The van der Waals surface area contributed by atoms with E-state index in [0.29, 0.717) is 6.54 Å². The number of hydrogen-bond acceptors (Lipinski definition) is 4. The van der Waals surface area contributed by atoms with Crippen LogP contribution in [0.25, 0.3) is 17.3 Å². The molecule has 0 saturated heterocycles. The zero-order valence-electron chi connectivity index (χ0n) is 14.1. The first kappa shape index (κ1) is 14.8. The number of nitrogens with one attached hydrogen (secondary N) is 1. The lowest BCUT2D eigenvalue weighted by atomic mass is 10.1. The molecule has 4 aromatic rings. The highest BCUT2D eigenvalue weighted by molar-refractivity contribution is 5.92. The van der Waals surface area contributed by atoms with Crippen LogP contribution >= 0.6 is 0 Å². The SMILES string of the molecule is C1=C(c2cnn3ccc(NCc4ccncc4)nc23)Cc2ccccc21. The number of allylic oxidation sites excluding steroid dienone is 1. The maximum Gasteiger partial charge on any atom is 0.164 e. The van der Waals surface area contributed by atoms with Gasteiger partial charge in [-0.3, -0.25) is 4.98 Å². The molecule has 0 amide bonds. The Balaban J connectivity index is 1.45. The maximum absolute atomic E-state index is 4.79. The van der Waals surface area contributed by atoms with Gasteiger partial charge in [0.1, 0.15) is 5.82 Å². The average molecular weight is 339 g/mol. The fourth-order valence-corrected chi connectivity index (χ4v) is 3.34. The Hall–Kier alpha value is -3.47. The molecule has 0 spiro atoms. The van der Waals surface area contributed by atoms with Crippen molar-refractivity contribution in [3.05, 3.63) is 89.5 Å². The van der Waals surface area contributed by atoms with Crippen LogP contribution in [-0.4, -0.2) is 19.6 Å². The smallest absolute Gasteiger partial charge is 0.164 e. The van der Waals surface area contributed by atoms with Crippen LogP contribution in [0.3, 0.4) is 0 Å². The fraction of sp³-hybridized carbons (Fsp3) is 0.0952. The summed E-state index contributed by atoms with van der Waals surface area (Å²) in [5.41, 5.74) is 7.05. The lowest BCUT2D eigenvalue weighted by molar-refractivity contribution is 0.936. The largest absolute Gasteiger partial charge is 0.366 e. The number of nitrogens with zero attached hydrogens (tertiary/aromatic N) is 4. The van der Waals surface area contributed by atoms with Crippen molar-refractivity contribution >= 4 is 23.1 Å². The number of hydrogen-bond donors (Lipinski definition) is 1. The summed E-state index contributed by atoms with van der Waals surface area (Å²) in [7, 11) is 0. The molecule has 5 heteroatoms. The van der Waals surface area contributed by atoms with Crippen molar-refractivity contribution in [3.8, 4) is 0 Å². The van der Waals surface area contributed by atoms with Crippen LogP contribution in [0.5, 0.6) is 0 Å². The van der Waals surface area contributed by atoms with Gasteiger partial charge in [-0.15, -0.1) is 0 Å². The lowest BCUT2D eigenvalue weighted by Gasteiger charge is -2.06. The predicted molar refractivity (Wildman–Crippen MR) is 103 cm³/mol. The van der Waals surface area contributed by atoms with E-state index in [-0.39, 0.29) is 0 Å². The van der Waals surface area contributed by atoms with E-state index >= 15 is 0 Å². The van der Waals surface area contributed by atoms with E-state index in [0.717, 1.165) is 23.4 Å². The predicted octanol–water partition coefficient (Wildman–Crippen LogP) is 3.83. The fourth-order valence-electron chi connectivity index (χ4n) is 3.34. The first-order valence-electron chi connectivity index (χ1n) is 8.63. The molecule has 0 fully saturated rings. The summed E-state index contributed by atoms with van der Waals surface area (Å²) in [6.07, 6.45) is 10.6. The Morgan fingerprint density at radius 3 is 2.81 bits per heavy atom. The molecule has 5 nitrogen and oxygen atoms in total. The summed E-state index contributed by atoms with van der Waals surface area (Å²) in [6, 6.07) is 14.4. The van der Waals surface area contributed by atoms with E-state index in [1.807, 2.05) is 35.1 Å². The van der Waals surface area contributed by atoms with Crippen molar-refractivity contribution in [2.75, 3.05) is 5.32 Å². The van der Waals surface area contributed by atoms with Gasteiger partial charge in [0.05, 0.1) is 6.20 Å². The maximum atomic E-state index is 4.79. The Bertz CT molecular complexity index is 1110. The molecule has 0 saturated carbocycles. The molecule has 0 aliphatic heterocycles. The van der Waals surface area contributed by atoms with Gasteiger partial charge in [0, 0.05) is 30.7 Å². The molecule has 3 aromatic heterocycles. The number of pyridine rings is 1. The number of anilines is 1. The Morgan fingerprint density at radius 2 is 1.92 bits per heavy atom. The third-order valence-electron chi connectivity index (χ3n) is 4.70. The van der Waals surface area contributed by atoms with E-state index in [9.17, 15) is 0 Å². The Labute approximate surface area is 151 Å². The molecule has 1 aromatic carbocycles. The highest BCUT2D eigenvalue weighted by atomic mass is 15.2. The van der Waals surface area contributed by atoms with Gasteiger partial charge >= 0.3 is 0 Å². The summed E-state index contributed by atoms with van der Waals surface area (Å²) in [4.78, 5) is 8.84. The second-order valence-corrected chi connectivity index (χ2v) is 6.39. The summed E-state index contributed by atoms with van der Waals surface area (Å²) in [6.45, 7) is 0.712. The van der Waals surface area contributed by atoms with Gasteiger partial charge in [-0.1, -0.05) is 30.3 Å². The number of fused-ring (bicyclic) bond motifs is 2. The van der Waals surface area contributed by atoms with E-state index in [2.05, 4.69) is 45.7 Å². The van der Waals surface area contributed by atoms with Crippen LogP contribution < -0.4 is 5.32 Å². The van der Waals surface area contributed by atoms with Gasteiger partial charge in [-0.2, -0.15) is 5.10 Å². The highest BCUT2D eigenvalue weighted by Crippen LogP contribution is 2.33. The van der Waals surface area contributed by atoms with Crippen molar-refractivity contribution in [2.24, 2.45) is 0 Å². The second-order valence-electron chi connectivity index (χ2n) is 6.39. The van der Waals surface area contributed by atoms with Gasteiger partial charge in [-0.25, -0.2) is 9.50 Å². The summed E-state index contributed by atoms with van der Waals surface area (Å²) in [5.74, 6) is 0.840. The number of rotatable bonds is 4. The minimum Gasteiger partial charge on any atom is -0.366 e. The van der Waals surface area contributed by atoms with Crippen LogP contribution in [-0.2, 0) is 13.0 Å². The van der Waals surface area contributed by atoms with Crippen LogP contribution in [0.2, 0.25) is 0 Å². The zero-order valence-corrected chi connectivity index (χ0v) is 14.1. The zero-order chi connectivity index (χ0) is 17.3. The van der Waals surface area contributed by atoms with Crippen LogP contribution in [0, 0.1) is 0 Å². The monoisotopic (exact) mass is 339 g/mol. The van der Waals surface area contributed by atoms with Crippen LogP contribution in [0.15, 0.2) is 67.3 Å². The van der Waals surface area contributed by atoms with E-state index in [4.69, 9.17) is 4.98 Å². The minimum atomic E-state index is 0.712.